The number of amides is 1. The van der Waals surface area contributed by atoms with Gasteiger partial charge in [0.15, 0.2) is 0 Å². The van der Waals surface area contributed by atoms with Crippen LogP contribution in [0.1, 0.15) is 42.6 Å². The molecule has 0 aromatic heterocycles. The maximum Gasteiger partial charge on any atom is 0.258 e. The number of carbonyl (C=O) groups excluding carboxylic acids is 1. The maximum atomic E-state index is 13.3. The highest BCUT2D eigenvalue weighted by Gasteiger charge is 2.44. The van der Waals surface area contributed by atoms with E-state index >= 15 is 0 Å². The highest BCUT2D eigenvalue weighted by atomic mass is 16.5. The summed E-state index contributed by atoms with van der Waals surface area (Å²) in [6, 6.07) is 15.7. The van der Waals surface area contributed by atoms with Gasteiger partial charge < -0.3 is 19.7 Å². The Morgan fingerprint density at radius 2 is 1.81 bits per heavy atom. The Hall–Kier alpha value is -2.53. The lowest BCUT2D eigenvalue weighted by Gasteiger charge is -2.48. The van der Waals surface area contributed by atoms with Gasteiger partial charge in [-0.25, -0.2) is 0 Å². The number of methoxy groups -OCH3 is 1. The van der Waals surface area contributed by atoms with Crippen molar-refractivity contribution in [1.29, 1.82) is 0 Å². The van der Waals surface area contributed by atoms with Crippen LogP contribution in [-0.4, -0.2) is 37.7 Å². The summed E-state index contributed by atoms with van der Waals surface area (Å²) in [6.45, 7) is 5.94. The first-order valence-electron chi connectivity index (χ1n) is 9.57. The van der Waals surface area contributed by atoms with Crippen molar-refractivity contribution < 1.29 is 14.3 Å². The first-order valence-corrected chi connectivity index (χ1v) is 9.57. The van der Waals surface area contributed by atoms with Gasteiger partial charge in [0, 0.05) is 25.9 Å². The minimum absolute atomic E-state index is 0.0520. The predicted octanol–water partition coefficient (Wildman–Crippen LogP) is 4.25. The summed E-state index contributed by atoms with van der Waals surface area (Å²) < 4.78 is 10.8. The zero-order chi connectivity index (χ0) is 19.3. The van der Waals surface area contributed by atoms with Crippen LogP contribution in [0.2, 0.25) is 0 Å². The number of para-hydroxylation sites is 1. The number of ether oxygens (including phenoxy) is 2. The quantitative estimate of drug-likeness (QED) is 0.708. The summed E-state index contributed by atoms with van der Waals surface area (Å²) in [5, 5.41) is 3.66. The minimum Gasteiger partial charge on any atom is -0.494 e. The highest BCUT2D eigenvalue weighted by Crippen LogP contribution is 2.40. The van der Waals surface area contributed by atoms with Crippen LogP contribution in [0.25, 0.3) is 0 Å². The standard InChI is InChI=1S/C22H28N2O3/c1-4-22(17-11-13-18(14-12-17)27-5-2)23-20-10-7-6-9-19(20)21(25)24(22)15-8-16-26-3/h6-7,9-14,23H,4-5,8,15-16H2,1-3H3. The molecule has 0 spiro atoms. The highest BCUT2D eigenvalue weighted by molar-refractivity contribution is 6.02. The normalized spacial score (nSPS) is 18.8. The van der Waals surface area contributed by atoms with Crippen LogP contribution in [0.3, 0.4) is 0 Å². The number of nitrogens with zero attached hydrogens (tertiary/aromatic N) is 1. The molecule has 2 aromatic carbocycles. The number of rotatable bonds is 8. The average molecular weight is 368 g/mol. The van der Waals surface area contributed by atoms with Crippen LogP contribution in [0.4, 0.5) is 5.69 Å². The molecule has 27 heavy (non-hydrogen) atoms. The van der Waals surface area contributed by atoms with Gasteiger partial charge in [0.1, 0.15) is 11.4 Å². The van der Waals surface area contributed by atoms with E-state index in [-0.39, 0.29) is 5.91 Å². The number of hydrogen-bond acceptors (Lipinski definition) is 4. The number of anilines is 1. The second-order valence-electron chi connectivity index (χ2n) is 6.64. The van der Waals surface area contributed by atoms with Crippen LogP contribution < -0.4 is 10.1 Å². The van der Waals surface area contributed by atoms with Crippen LogP contribution in [-0.2, 0) is 10.4 Å². The summed E-state index contributed by atoms with van der Waals surface area (Å²) in [6.07, 6.45) is 1.53. The van der Waals surface area contributed by atoms with Crippen LogP contribution in [0.15, 0.2) is 48.5 Å². The Morgan fingerprint density at radius 3 is 2.48 bits per heavy atom. The molecule has 5 nitrogen and oxygen atoms in total. The summed E-state index contributed by atoms with van der Waals surface area (Å²) >= 11 is 0. The first kappa shape index (κ1) is 19.2. The van der Waals surface area contributed by atoms with E-state index in [9.17, 15) is 4.79 Å². The molecule has 0 radical (unpaired) electrons. The third kappa shape index (κ3) is 3.65. The van der Waals surface area contributed by atoms with Gasteiger partial charge in [0.2, 0.25) is 0 Å². The average Bonchev–Trinajstić information content (AvgIpc) is 2.70. The lowest BCUT2D eigenvalue weighted by molar-refractivity contribution is 0.0451. The van der Waals surface area contributed by atoms with Gasteiger partial charge in [-0.15, -0.1) is 0 Å². The molecule has 0 saturated heterocycles. The third-order valence-electron chi connectivity index (χ3n) is 5.09. The molecule has 0 aliphatic carbocycles. The summed E-state index contributed by atoms with van der Waals surface area (Å²) in [5.74, 6) is 0.886. The fourth-order valence-corrected chi connectivity index (χ4v) is 3.75. The molecule has 1 aliphatic rings. The molecule has 2 aromatic rings. The van der Waals surface area contributed by atoms with Crippen molar-refractivity contribution in [1.82, 2.24) is 4.90 Å². The fourth-order valence-electron chi connectivity index (χ4n) is 3.75. The van der Waals surface area contributed by atoms with E-state index in [2.05, 4.69) is 12.2 Å². The number of nitrogens with one attached hydrogen (secondary N) is 1. The van der Waals surface area contributed by atoms with Crippen molar-refractivity contribution in [3.8, 4) is 5.75 Å². The molecule has 1 amide bonds. The molecule has 1 unspecified atom stereocenters. The molecule has 0 saturated carbocycles. The van der Waals surface area contributed by atoms with Crippen LogP contribution in [0.5, 0.6) is 5.75 Å². The number of fused-ring (bicyclic) bond motifs is 1. The Labute approximate surface area is 161 Å². The van der Waals surface area contributed by atoms with Gasteiger partial charge in [-0.3, -0.25) is 4.79 Å². The first-order chi connectivity index (χ1) is 13.2. The van der Waals surface area contributed by atoms with Gasteiger partial charge in [-0.1, -0.05) is 31.2 Å². The fraction of sp³-hybridized carbons (Fsp3) is 0.409. The number of hydrogen-bond donors (Lipinski definition) is 1. The Balaban J connectivity index is 2.04. The van der Waals surface area contributed by atoms with Crippen molar-refractivity contribution in [2.75, 3.05) is 32.2 Å². The Bertz CT molecular complexity index is 775. The molecular weight excluding hydrogens is 340 g/mol. The molecule has 1 heterocycles. The van der Waals surface area contributed by atoms with Crippen LogP contribution >= 0.6 is 0 Å². The smallest absolute Gasteiger partial charge is 0.258 e. The monoisotopic (exact) mass is 368 g/mol. The summed E-state index contributed by atoms with van der Waals surface area (Å²) in [5.41, 5.74) is 2.05. The number of benzene rings is 2. The maximum absolute atomic E-state index is 13.3. The summed E-state index contributed by atoms with van der Waals surface area (Å²) in [7, 11) is 1.69. The van der Waals surface area contributed by atoms with Crippen molar-refractivity contribution in [2.45, 2.75) is 32.4 Å². The summed E-state index contributed by atoms with van der Waals surface area (Å²) in [4.78, 5) is 15.3. The van der Waals surface area contributed by atoms with E-state index in [0.29, 0.717) is 25.3 Å². The number of carbonyl (C=O) groups is 1. The largest absolute Gasteiger partial charge is 0.494 e. The van der Waals surface area contributed by atoms with E-state index in [1.165, 1.54) is 0 Å². The Kier molecular flexibility index (Phi) is 6.01. The Morgan fingerprint density at radius 1 is 1.07 bits per heavy atom. The molecule has 144 valence electrons. The predicted molar refractivity (Wildman–Crippen MR) is 107 cm³/mol. The van der Waals surface area contributed by atoms with Gasteiger partial charge in [0.25, 0.3) is 5.91 Å². The van der Waals surface area contributed by atoms with Gasteiger partial charge in [-0.05, 0) is 49.6 Å². The SMILES string of the molecule is CCOc1ccc(C2(CC)Nc3ccccc3C(=O)N2CCCOC)cc1. The molecule has 3 rings (SSSR count). The van der Waals surface area contributed by atoms with Crippen molar-refractivity contribution in [2.24, 2.45) is 0 Å². The van der Waals surface area contributed by atoms with E-state index in [1.807, 2.05) is 60.4 Å². The van der Waals surface area contributed by atoms with Gasteiger partial charge >= 0.3 is 0 Å². The topological polar surface area (TPSA) is 50.8 Å². The molecule has 5 heteroatoms. The zero-order valence-corrected chi connectivity index (χ0v) is 16.3. The van der Waals surface area contributed by atoms with E-state index < -0.39 is 5.66 Å². The third-order valence-corrected chi connectivity index (χ3v) is 5.09. The van der Waals surface area contributed by atoms with Gasteiger partial charge in [-0.2, -0.15) is 0 Å². The second-order valence-corrected chi connectivity index (χ2v) is 6.64. The molecule has 0 fully saturated rings. The van der Waals surface area contributed by atoms with E-state index in [0.717, 1.165) is 29.8 Å². The van der Waals surface area contributed by atoms with Crippen molar-refractivity contribution in [3.05, 3.63) is 59.7 Å². The molecule has 1 aliphatic heterocycles. The molecule has 0 bridgehead atoms. The minimum atomic E-state index is -0.593. The van der Waals surface area contributed by atoms with Crippen molar-refractivity contribution in [3.63, 3.8) is 0 Å². The van der Waals surface area contributed by atoms with E-state index in [4.69, 9.17) is 9.47 Å². The second kappa shape index (κ2) is 8.44. The van der Waals surface area contributed by atoms with E-state index in [1.54, 1.807) is 7.11 Å². The zero-order valence-electron chi connectivity index (χ0n) is 16.3. The van der Waals surface area contributed by atoms with Gasteiger partial charge in [0.05, 0.1) is 12.2 Å². The molecule has 1 atom stereocenters. The lowest BCUT2D eigenvalue weighted by atomic mass is 9.89. The lowest BCUT2D eigenvalue weighted by Crippen LogP contribution is -2.57. The van der Waals surface area contributed by atoms with Crippen LogP contribution in [0, 0.1) is 0 Å². The molecular formula is C22H28N2O3. The van der Waals surface area contributed by atoms with Crippen molar-refractivity contribution >= 4 is 11.6 Å². The molecule has 1 N–H and O–H groups in total.